The molecule has 0 amide bonds. The molecule has 0 aromatic carbocycles. The zero-order valence-corrected chi connectivity index (χ0v) is 34.1. The van der Waals surface area contributed by atoms with Crippen LogP contribution in [0.5, 0.6) is 0 Å². The fourth-order valence-corrected chi connectivity index (χ4v) is 6.57. The van der Waals surface area contributed by atoms with Crippen LogP contribution in [-0.2, 0) is 19.1 Å². The predicted molar refractivity (Wildman–Crippen MR) is 219 cm³/mol. The van der Waals surface area contributed by atoms with Gasteiger partial charge in [0.05, 0.1) is 6.61 Å². The molecule has 51 heavy (non-hydrogen) atoms. The van der Waals surface area contributed by atoms with Gasteiger partial charge in [-0.1, -0.05) is 212 Å². The average Bonchev–Trinajstić information content (AvgIpc) is 3.13. The Balaban J connectivity index is 3.47. The number of aliphatic hydroxyl groups excluding tert-OH is 1. The highest BCUT2D eigenvalue weighted by Crippen LogP contribution is 2.16. The van der Waals surface area contributed by atoms with E-state index in [9.17, 15) is 14.7 Å². The summed E-state index contributed by atoms with van der Waals surface area (Å²) < 4.78 is 10.6. The number of ether oxygens (including phenoxy) is 2. The molecule has 0 aliphatic heterocycles. The normalized spacial score (nSPS) is 12.3. The van der Waals surface area contributed by atoms with E-state index in [-0.39, 0.29) is 25.2 Å². The zero-order chi connectivity index (χ0) is 37.1. The Bertz CT molecular complexity index is 776. The molecule has 5 nitrogen and oxygen atoms in total. The molecule has 0 saturated heterocycles. The van der Waals surface area contributed by atoms with Crippen LogP contribution in [0.15, 0.2) is 24.3 Å². The van der Waals surface area contributed by atoms with Crippen molar-refractivity contribution >= 4 is 11.9 Å². The second kappa shape index (κ2) is 42.8. The maximum Gasteiger partial charge on any atom is 0.306 e. The van der Waals surface area contributed by atoms with E-state index < -0.39 is 6.10 Å². The van der Waals surface area contributed by atoms with Crippen LogP contribution in [0.25, 0.3) is 0 Å². The summed E-state index contributed by atoms with van der Waals surface area (Å²) in [4.78, 5) is 24.3. The Morgan fingerprint density at radius 2 is 0.804 bits per heavy atom. The molecular formula is C46H86O5. The lowest BCUT2D eigenvalue weighted by Gasteiger charge is -2.15. The monoisotopic (exact) mass is 719 g/mol. The van der Waals surface area contributed by atoms with E-state index in [1.54, 1.807) is 0 Å². The Kier molecular flexibility index (Phi) is 41.4. The summed E-state index contributed by atoms with van der Waals surface area (Å²) >= 11 is 0. The maximum absolute atomic E-state index is 12.2. The number of carbonyl (C=O) groups excluding carboxylic acids is 2. The lowest BCUT2D eigenvalue weighted by atomic mass is 10.0. The first-order chi connectivity index (χ1) is 25.1. The number of unbranched alkanes of at least 4 members (excludes halogenated alkanes) is 29. The summed E-state index contributed by atoms with van der Waals surface area (Å²) in [5.41, 5.74) is 0. The molecule has 0 saturated carbocycles. The summed E-state index contributed by atoms with van der Waals surface area (Å²) in [6.07, 6.45) is 51.2. The van der Waals surface area contributed by atoms with Crippen molar-refractivity contribution in [2.45, 2.75) is 245 Å². The Morgan fingerprint density at radius 3 is 1.22 bits per heavy atom. The van der Waals surface area contributed by atoms with Gasteiger partial charge < -0.3 is 14.6 Å². The van der Waals surface area contributed by atoms with Crippen LogP contribution in [0.1, 0.15) is 239 Å². The maximum atomic E-state index is 12.2. The number of rotatable bonds is 41. The topological polar surface area (TPSA) is 72.8 Å². The molecule has 0 unspecified atom stereocenters. The predicted octanol–water partition coefficient (Wildman–Crippen LogP) is 14.2. The molecule has 1 N–H and O–H groups in total. The van der Waals surface area contributed by atoms with E-state index >= 15 is 0 Å². The van der Waals surface area contributed by atoms with Gasteiger partial charge in [-0.15, -0.1) is 0 Å². The Hall–Kier alpha value is -1.62. The highest BCUT2D eigenvalue weighted by Gasteiger charge is 2.16. The van der Waals surface area contributed by atoms with Crippen LogP contribution in [-0.4, -0.2) is 36.4 Å². The first-order valence-corrected chi connectivity index (χ1v) is 22.4. The van der Waals surface area contributed by atoms with Gasteiger partial charge in [-0.05, 0) is 38.5 Å². The van der Waals surface area contributed by atoms with Gasteiger partial charge in [0, 0.05) is 12.8 Å². The van der Waals surface area contributed by atoms with Gasteiger partial charge in [0.1, 0.15) is 6.61 Å². The van der Waals surface area contributed by atoms with E-state index in [1.165, 1.54) is 161 Å². The largest absolute Gasteiger partial charge is 0.462 e. The minimum atomic E-state index is -0.774. The summed E-state index contributed by atoms with van der Waals surface area (Å²) in [6.45, 7) is 4.11. The van der Waals surface area contributed by atoms with Crippen molar-refractivity contribution in [2.24, 2.45) is 0 Å². The van der Waals surface area contributed by atoms with Gasteiger partial charge in [-0.2, -0.15) is 0 Å². The third-order valence-electron chi connectivity index (χ3n) is 10.00. The van der Waals surface area contributed by atoms with E-state index in [1.807, 2.05) is 0 Å². The molecule has 300 valence electrons. The number of hydrogen-bond acceptors (Lipinski definition) is 5. The Morgan fingerprint density at radius 1 is 0.451 bits per heavy atom. The fraction of sp³-hybridized carbons (Fsp3) is 0.870. The molecule has 0 aliphatic carbocycles. The fourth-order valence-electron chi connectivity index (χ4n) is 6.57. The summed E-state index contributed by atoms with van der Waals surface area (Å²) in [7, 11) is 0. The number of esters is 2. The minimum Gasteiger partial charge on any atom is -0.462 e. The zero-order valence-electron chi connectivity index (χ0n) is 34.1. The standard InChI is InChI=1S/C46H86O5/c1-3-5-7-9-11-13-15-17-19-20-21-22-23-24-25-26-27-29-30-32-34-36-38-40-45(48)50-43-44(42-47)51-46(49)41-39-37-35-33-31-28-18-16-14-12-10-8-6-4-2/h10,12,16,18,44,47H,3-9,11,13-15,17,19-43H2,1-2H3/b12-10+,18-16+/t44-/m0/s1. The molecule has 5 heteroatoms. The number of allylic oxidation sites excluding steroid dienone is 4. The highest BCUT2D eigenvalue weighted by molar-refractivity contribution is 5.70. The van der Waals surface area contributed by atoms with Gasteiger partial charge >= 0.3 is 11.9 Å². The van der Waals surface area contributed by atoms with Crippen LogP contribution in [0.4, 0.5) is 0 Å². The second-order valence-corrected chi connectivity index (χ2v) is 15.1. The molecule has 0 spiro atoms. The first kappa shape index (κ1) is 49.4. The summed E-state index contributed by atoms with van der Waals surface area (Å²) in [6, 6.07) is 0. The van der Waals surface area contributed by atoms with Crippen LogP contribution >= 0.6 is 0 Å². The molecule has 1 atom stereocenters. The van der Waals surface area contributed by atoms with E-state index in [4.69, 9.17) is 9.47 Å². The molecule has 0 rings (SSSR count). The molecular weight excluding hydrogens is 633 g/mol. The highest BCUT2D eigenvalue weighted by atomic mass is 16.6. The van der Waals surface area contributed by atoms with Crippen molar-refractivity contribution in [2.75, 3.05) is 13.2 Å². The van der Waals surface area contributed by atoms with Gasteiger partial charge in [-0.3, -0.25) is 9.59 Å². The first-order valence-electron chi connectivity index (χ1n) is 22.4. The molecule has 0 aromatic rings. The third-order valence-corrected chi connectivity index (χ3v) is 10.00. The van der Waals surface area contributed by atoms with Crippen molar-refractivity contribution in [3.8, 4) is 0 Å². The molecule has 0 aromatic heterocycles. The molecule has 0 fully saturated rings. The van der Waals surface area contributed by atoms with Gasteiger partial charge in [0.2, 0.25) is 0 Å². The van der Waals surface area contributed by atoms with E-state index in [2.05, 4.69) is 38.2 Å². The smallest absolute Gasteiger partial charge is 0.306 e. The SMILES string of the molecule is CCCC/C=C/C/C=C/CCCCCCCC(=O)O[C@@H](CO)COC(=O)CCCCCCCCCCCCCCCCCCCCCCCCC. The van der Waals surface area contributed by atoms with Crippen molar-refractivity contribution in [1.82, 2.24) is 0 Å². The van der Waals surface area contributed by atoms with Crippen LogP contribution < -0.4 is 0 Å². The summed E-state index contributed by atoms with van der Waals surface area (Å²) in [5.74, 6) is -0.596. The molecule has 0 bridgehead atoms. The van der Waals surface area contributed by atoms with Crippen LogP contribution in [0.3, 0.4) is 0 Å². The van der Waals surface area contributed by atoms with Gasteiger partial charge in [-0.25, -0.2) is 0 Å². The van der Waals surface area contributed by atoms with Gasteiger partial charge in [0.15, 0.2) is 6.10 Å². The molecule has 0 radical (unpaired) electrons. The number of hydrogen-bond donors (Lipinski definition) is 1. The molecule has 0 heterocycles. The summed E-state index contributed by atoms with van der Waals surface area (Å²) in [5, 5.41) is 9.57. The third kappa shape index (κ3) is 41.0. The number of aliphatic hydroxyl groups is 1. The number of carbonyl (C=O) groups is 2. The van der Waals surface area contributed by atoms with E-state index in [0.717, 1.165) is 51.4 Å². The van der Waals surface area contributed by atoms with Crippen molar-refractivity contribution in [3.05, 3.63) is 24.3 Å². The van der Waals surface area contributed by atoms with Crippen LogP contribution in [0, 0.1) is 0 Å². The van der Waals surface area contributed by atoms with Crippen molar-refractivity contribution in [1.29, 1.82) is 0 Å². The molecule has 0 aliphatic rings. The van der Waals surface area contributed by atoms with Crippen molar-refractivity contribution in [3.63, 3.8) is 0 Å². The quantitative estimate of drug-likeness (QED) is 0.0387. The lowest BCUT2D eigenvalue weighted by molar-refractivity contribution is -0.161. The van der Waals surface area contributed by atoms with Crippen molar-refractivity contribution < 1.29 is 24.2 Å². The second-order valence-electron chi connectivity index (χ2n) is 15.1. The average molecular weight is 719 g/mol. The van der Waals surface area contributed by atoms with Gasteiger partial charge in [0.25, 0.3) is 0 Å². The Labute approximate surface area is 317 Å². The minimum absolute atomic E-state index is 0.0670. The lowest BCUT2D eigenvalue weighted by Crippen LogP contribution is -2.28. The van der Waals surface area contributed by atoms with E-state index in [0.29, 0.717) is 12.8 Å². The van der Waals surface area contributed by atoms with Crippen LogP contribution in [0.2, 0.25) is 0 Å².